The lowest BCUT2D eigenvalue weighted by molar-refractivity contribution is -0.0502. The first kappa shape index (κ1) is 29.1. The van der Waals surface area contributed by atoms with Crippen molar-refractivity contribution < 1.29 is 14.6 Å². The summed E-state index contributed by atoms with van der Waals surface area (Å²) < 4.78 is 11.5. The van der Waals surface area contributed by atoms with Gasteiger partial charge in [-0.3, -0.25) is 0 Å². The summed E-state index contributed by atoms with van der Waals surface area (Å²) in [6, 6.07) is 8.29. The second-order valence-corrected chi connectivity index (χ2v) is 9.48. The van der Waals surface area contributed by atoms with E-state index in [1.807, 2.05) is 6.07 Å². The Bertz CT molecular complexity index is 517. The van der Waals surface area contributed by atoms with E-state index >= 15 is 0 Å². The summed E-state index contributed by atoms with van der Waals surface area (Å²) in [6.07, 6.45) is 21.9. The lowest BCUT2D eigenvalue weighted by atomic mass is 10.0. The van der Waals surface area contributed by atoms with Crippen LogP contribution in [0.2, 0.25) is 0 Å². The van der Waals surface area contributed by atoms with E-state index in [2.05, 4.69) is 32.0 Å². The summed E-state index contributed by atoms with van der Waals surface area (Å²) in [4.78, 5) is 0. The number of hydrogen-bond acceptors (Lipinski definition) is 3. The van der Waals surface area contributed by atoms with Crippen molar-refractivity contribution in [3.8, 4) is 0 Å². The van der Waals surface area contributed by atoms with Crippen molar-refractivity contribution in [3.63, 3.8) is 0 Å². The molecule has 0 unspecified atom stereocenters. The molecule has 0 bridgehead atoms. The van der Waals surface area contributed by atoms with E-state index in [4.69, 9.17) is 9.47 Å². The molecule has 1 atom stereocenters. The van der Waals surface area contributed by atoms with Crippen LogP contribution in [0.5, 0.6) is 0 Å². The van der Waals surface area contributed by atoms with E-state index in [1.54, 1.807) is 0 Å². The smallest absolute Gasteiger partial charge is 0.104 e. The Kier molecular flexibility index (Phi) is 20.0. The number of hydrogen-bond donors (Lipinski definition) is 1. The predicted molar refractivity (Wildman–Crippen MR) is 137 cm³/mol. The van der Waals surface area contributed by atoms with Gasteiger partial charge in [-0.2, -0.15) is 0 Å². The van der Waals surface area contributed by atoms with Gasteiger partial charge >= 0.3 is 0 Å². The maximum atomic E-state index is 9.50. The van der Waals surface area contributed by atoms with Gasteiger partial charge in [0.2, 0.25) is 0 Å². The van der Waals surface area contributed by atoms with Crippen LogP contribution in [-0.4, -0.2) is 31.0 Å². The van der Waals surface area contributed by atoms with E-state index in [9.17, 15) is 5.11 Å². The fourth-order valence-corrected chi connectivity index (χ4v) is 4.14. The third-order valence-corrected chi connectivity index (χ3v) is 6.22. The van der Waals surface area contributed by atoms with Crippen LogP contribution in [0.3, 0.4) is 0 Å². The summed E-state index contributed by atoms with van der Waals surface area (Å²) in [5.74, 6) is 0. The second kappa shape index (κ2) is 21.9. The Balaban J connectivity index is 1.81. The molecule has 0 saturated heterocycles. The second-order valence-electron chi connectivity index (χ2n) is 9.48. The zero-order valence-electron chi connectivity index (χ0n) is 21.3. The first-order valence-electron chi connectivity index (χ1n) is 13.6. The molecular weight excluding hydrogens is 396 g/mol. The molecule has 0 aliphatic heterocycles. The van der Waals surface area contributed by atoms with E-state index in [1.165, 1.54) is 102 Å². The lowest BCUT2D eigenvalue weighted by Crippen LogP contribution is -2.24. The van der Waals surface area contributed by atoms with Gasteiger partial charge in [-0.05, 0) is 18.9 Å². The van der Waals surface area contributed by atoms with Gasteiger partial charge in [0.1, 0.15) is 6.10 Å². The molecule has 1 N–H and O–H groups in total. The number of aliphatic hydroxyl groups excluding tert-OH is 1. The molecule has 3 heteroatoms. The average molecular weight is 449 g/mol. The molecule has 3 nitrogen and oxygen atoms in total. The molecule has 0 aliphatic rings. The Morgan fingerprint density at radius 3 is 1.78 bits per heavy atom. The Morgan fingerprint density at radius 1 is 0.750 bits per heavy atom. The van der Waals surface area contributed by atoms with Gasteiger partial charge in [0.25, 0.3) is 0 Å². The van der Waals surface area contributed by atoms with Gasteiger partial charge in [0, 0.05) is 6.61 Å². The normalized spacial score (nSPS) is 12.3. The molecule has 0 fully saturated rings. The molecule has 0 saturated carbocycles. The molecule has 186 valence electrons. The number of aliphatic hydroxyl groups is 1. The van der Waals surface area contributed by atoms with E-state index < -0.39 is 0 Å². The highest BCUT2D eigenvalue weighted by Gasteiger charge is 2.08. The maximum Gasteiger partial charge on any atom is 0.104 e. The summed E-state index contributed by atoms with van der Waals surface area (Å²) in [5.41, 5.74) is 2.37. The van der Waals surface area contributed by atoms with E-state index in [0.29, 0.717) is 13.2 Å². The average Bonchev–Trinajstić information content (AvgIpc) is 2.80. The van der Waals surface area contributed by atoms with Crippen molar-refractivity contribution in [2.24, 2.45) is 0 Å². The minimum atomic E-state index is -0.239. The van der Waals surface area contributed by atoms with Gasteiger partial charge in [-0.25, -0.2) is 0 Å². The molecule has 1 aromatic rings. The summed E-state index contributed by atoms with van der Waals surface area (Å²) >= 11 is 0. The van der Waals surface area contributed by atoms with Gasteiger partial charge in [0.15, 0.2) is 0 Å². The number of aryl methyl sites for hydroxylation is 1. The third kappa shape index (κ3) is 17.6. The van der Waals surface area contributed by atoms with Crippen molar-refractivity contribution in [1.82, 2.24) is 0 Å². The van der Waals surface area contributed by atoms with E-state index in [-0.39, 0.29) is 12.7 Å². The van der Waals surface area contributed by atoms with Gasteiger partial charge in [-0.1, -0.05) is 133 Å². The first-order valence-corrected chi connectivity index (χ1v) is 13.6. The highest BCUT2D eigenvalue weighted by atomic mass is 16.5. The van der Waals surface area contributed by atoms with E-state index in [0.717, 1.165) is 18.6 Å². The molecule has 1 aromatic carbocycles. The van der Waals surface area contributed by atoms with Crippen LogP contribution in [-0.2, 0) is 16.1 Å². The molecule has 0 heterocycles. The predicted octanol–water partition coefficient (Wildman–Crippen LogP) is 8.15. The van der Waals surface area contributed by atoms with Gasteiger partial charge in [-0.15, -0.1) is 0 Å². The van der Waals surface area contributed by atoms with Crippen LogP contribution in [0, 0.1) is 6.92 Å². The maximum absolute atomic E-state index is 9.50. The molecule has 0 spiro atoms. The van der Waals surface area contributed by atoms with Crippen LogP contribution < -0.4 is 0 Å². The molecule has 0 radical (unpaired) electrons. The van der Waals surface area contributed by atoms with Crippen molar-refractivity contribution in [3.05, 3.63) is 35.4 Å². The third-order valence-electron chi connectivity index (χ3n) is 6.22. The summed E-state index contributed by atoms with van der Waals surface area (Å²) in [7, 11) is 0. The van der Waals surface area contributed by atoms with Crippen LogP contribution in [0.25, 0.3) is 0 Å². The minimum Gasteiger partial charge on any atom is -0.394 e. The topological polar surface area (TPSA) is 38.7 Å². The molecule has 1 rings (SSSR count). The largest absolute Gasteiger partial charge is 0.394 e. The Morgan fingerprint density at radius 2 is 1.28 bits per heavy atom. The molecular formula is C29H52O3. The zero-order valence-corrected chi connectivity index (χ0v) is 21.3. The standard InChI is InChI=1S/C29H52O3/c1-3-4-5-6-7-8-9-10-11-12-13-14-15-16-17-18-22-31-26-29(24-30)32-25-28-21-19-20-27(2)23-28/h19-21,23,29-30H,3-18,22,24-26H2,1-2H3/t29-/m0/s1. The van der Waals surface area contributed by atoms with Crippen molar-refractivity contribution in [2.75, 3.05) is 19.8 Å². The number of benzene rings is 1. The fourth-order valence-electron chi connectivity index (χ4n) is 4.14. The van der Waals surface area contributed by atoms with Crippen molar-refractivity contribution >= 4 is 0 Å². The highest BCUT2D eigenvalue weighted by Crippen LogP contribution is 2.14. The molecule has 0 amide bonds. The quantitative estimate of drug-likeness (QED) is 0.172. The molecule has 32 heavy (non-hydrogen) atoms. The number of ether oxygens (including phenoxy) is 2. The highest BCUT2D eigenvalue weighted by molar-refractivity contribution is 5.21. The van der Waals surface area contributed by atoms with Crippen molar-refractivity contribution in [2.45, 2.75) is 129 Å². The minimum absolute atomic E-state index is 0.00474. The monoisotopic (exact) mass is 448 g/mol. The SMILES string of the molecule is CCCCCCCCCCCCCCCCCCOC[C@H](CO)OCc1cccc(C)c1. The Hall–Kier alpha value is -0.900. The molecule has 0 aromatic heterocycles. The zero-order chi connectivity index (χ0) is 23.1. The van der Waals surface area contributed by atoms with Gasteiger partial charge < -0.3 is 14.6 Å². The summed E-state index contributed by atoms with van der Waals surface area (Å²) in [5, 5.41) is 9.50. The molecule has 0 aliphatic carbocycles. The number of unbranched alkanes of at least 4 members (excludes halogenated alkanes) is 15. The lowest BCUT2D eigenvalue weighted by Gasteiger charge is -2.16. The van der Waals surface area contributed by atoms with Crippen LogP contribution in [0.4, 0.5) is 0 Å². The first-order chi connectivity index (χ1) is 15.8. The Labute approximate surface area is 199 Å². The fraction of sp³-hybridized carbons (Fsp3) is 0.793. The van der Waals surface area contributed by atoms with Crippen LogP contribution in [0.1, 0.15) is 121 Å². The number of rotatable bonds is 23. The van der Waals surface area contributed by atoms with Gasteiger partial charge in [0.05, 0.1) is 19.8 Å². The van der Waals surface area contributed by atoms with Crippen molar-refractivity contribution in [1.29, 1.82) is 0 Å². The van der Waals surface area contributed by atoms with Crippen LogP contribution >= 0.6 is 0 Å². The summed E-state index contributed by atoms with van der Waals surface area (Å²) in [6.45, 7) is 6.13. The van der Waals surface area contributed by atoms with Crippen LogP contribution in [0.15, 0.2) is 24.3 Å².